The first-order valence-corrected chi connectivity index (χ1v) is 7.43. The fourth-order valence-electron chi connectivity index (χ4n) is 3.18. The molecular weight excluding hydrogens is 242 g/mol. The first-order valence-electron chi connectivity index (χ1n) is 7.43. The molecule has 0 spiro atoms. The second-order valence-corrected chi connectivity index (χ2v) is 6.66. The Labute approximate surface area is 115 Å². The van der Waals surface area contributed by atoms with Crippen LogP contribution in [-0.2, 0) is 9.59 Å². The van der Waals surface area contributed by atoms with Crippen LogP contribution in [0.2, 0.25) is 0 Å². The average molecular weight is 267 g/mol. The van der Waals surface area contributed by atoms with E-state index in [9.17, 15) is 14.7 Å². The largest absolute Gasteiger partial charge is 0.481 e. The van der Waals surface area contributed by atoms with Gasteiger partial charge in [-0.1, -0.05) is 6.92 Å². The summed E-state index contributed by atoms with van der Waals surface area (Å²) in [7, 11) is 0. The fraction of sp³-hybridized carbons (Fsp3) is 0.867. The van der Waals surface area contributed by atoms with Crippen molar-refractivity contribution in [2.75, 3.05) is 6.54 Å². The van der Waals surface area contributed by atoms with Gasteiger partial charge in [-0.05, 0) is 51.4 Å². The molecule has 1 amide bonds. The van der Waals surface area contributed by atoms with E-state index < -0.39 is 11.9 Å². The molecule has 2 aliphatic rings. The lowest BCUT2D eigenvalue weighted by molar-refractivity contribution is -0.150. The summed E-state index contributed by atoms with van der Waals surface area (Å²) < 4.78 is 0. The van der Waals surface area contributed by atoms with Crippen LogP contribution in [0.25, 0.3) is 0 Å². The third-order valence-corrected chi connectivity index (χ3v) is 4.49. The number of nitrogens with zero attached hydrogens (tertiary/aromatic N) is 1. The van der Waals surface area contributed by atoms with E-state index in [-0.39, 0.29) is 17.9 Å². The highest BCUT2D eigenvalue weighted by molar-refractivity contribution is 5.85. The van der Waals surface area contributed by atoms with Gasteiger partial charge in [-0.2, -0.15) is 0 Å². The van der Waals surface area contributed by atoms with Crippen molar-refractivity contribution in [3.63, 3.8) is 0 Å². The maximum Gasteiger partial charge on any atom is 0.307 e. The van der Waals surface area contributed by atoms with Gasteiger partial charge in [0, 0.05) is 12.6 Å². The predicted molar refractivity (Wildman–Crippen MR) is 72.6 cm³/mol. The lowest BCUT2D eigenvalue weighted by Crippen LogP contribution is -2.44. The third-order valence-electron chi connectivity index (χ3n) is 4.49. The van der Waals surface area contributed by atoms with Crippen molar-refractivity contribution in [2.45, 2.75) is 52.5 Å². The van der Waals surface area contributed by atoms with Gasteiger partial charge in [0.1, 0.15) is 0 Å². The zero-order valence-electron chi connectivity index (χ0n) is 12.1. The minimum atomic E-state index is -0.808. The number of amides is 1. The van der Waals surface area contributed by atoms with Gasteiger partial charge in [0.05, 0.1) is 11.8 Å². The molecule has 19 heavy (non-hydrogen) atoms. The number of carboxylic acids is 1. The van der Waals surface area contributed by atoms with E-state index in [4.69, 9.17) is 0 Å². The van der Waals surface area contributed by atoms with Crippen molar-refractivity contribution in [3.05, 3.63) is 0 Å². The van der Waals surface area contributed by atoms with Crippen LogP contribution in [0, 0.1) is 23.7 Å². The van der Waals surface area contributed by atoms with E-state index in [1.54, 1.807) is 0 Å². The fourth-order valence-corrected chi connectivity index (χ4v) is 3.18. The first kappa shape index (κ1) is 14.4. The summed E-state index contributed by atoms with van der Waals surface area (Å²) in [5.74, 6) is -0.550. The number of aliphatic carboxylic acids is 1. The van der Waals surface area contributed by atoms with Gasteiger partial charge in [0.2, 0.25) is 5.91 Å². The van der Waals surface area contributed by atoms with E-state index in [0.29, 0.717) is 18.3 Å². The molecule has 1 N–H and O–H groups in total. The minimum Gasteiger partial charge on any atom is -0.481 e. The molecule has 2 rings (SSSR count). The molecule has 0 aliphatic heterocycles. The monoisotopic (exact) mass is 267 g/mol. The second kappa shape index (κ2) is 5.51. The Bertz CT molecular complexity index is 362. The third kappa shape index (κ3) is 3.28. The lowest BCUT2D eigenvalue weighted by atomic mass is 9.94. The number of hydrogen-bond acceptors (Lipinski definition) is 2. The molecular formula is C15H25NO3. The Balaban J connectivity index is 2.08. The van der Waals surface area contributed by atoms with Crippen LogP contribution in [0.15, 0.2) is 0 Å². The SMILES string of the molecule is CC1C[C@H](C(=O)N(CC2CC2)C(C)C)[C@H](C(=O)O)C1. The van der Waals surface area contributed by atoms with Crippen molar-refractivity contribution in [1.29, 1.82) is 0 Å². The van der Waals surface area contributed by atoms with Gasteiger partial charge in [-0.3, -0.25) is 9.59 Å². The van der Waals surface area contributed by atoms with Gasteiger partial charge in [-0.25, -0.2) is 0 Å². The molecule has 3 atom stereocenters. The Hall–Kier alpha value is -1.06. The van der Waals surface area contributed by atoms with Crippen LogP contribution >= 0.6 is 0 Å². The topological polar surface area (TPSA) is 57.6 Å². The summed E-state index contributed by atoms with van der Waals surface area (Å²) in [4.78, 5) is 25.9. The summed E-state index contributed by atoms with van der Waals surface area (Å²) in [6, 6.07) is 0.165. The molecule has 4 heteroatoms. The molecule has 108 valence electrons. The number of carboxylic acid groups (broad SMARTS) is 1. The highest BCUT2D eigenvalue weighted by Gasteiger charge is 2.43. The van der Waals surface area contributed by atoms with Crippen LogP contribution in [0.5, 0.6) is 0 Å². The summed E-state index contributed by atoms with van der Waals surface area (Å²) in [5.41, 5.74) is 0. The molecule has 4 nitrogen and oxygen atoms in total. The number of rotatable bonds is 5. The Morgan fingerprint density at radius 1 is 1.21 bits per heavy atom. The molecule has 0 aromatic rings. The zero-order chi connectivity index (χ0) is 14.2. The van der Waals surface area contributed by atoms with Gasteiger partial charge in [0.15, 0.2) is 0 Å². The molecule has 0 saturated heterocycles. The molecule has 2 aliphatic carbocycles. The predicted octanol–water partition coefficient (Wildman–Crippen LogP) is 2.38. The average Bonchev–Trinajstić information content (AvgIpc) is 3.05. The van der Waals surface area contributed by atoms with Crippen molar-refractivity contribution in [1.82, 2.24) is 4.90 Å². The van der Waals surface area contributed by atoms with Gasteiger partial charge in [-0.15, -0.1) is 0 Å². The van der Waals surface area contributed by atoms with E-state index in [1.807, 2.05) is 25.7 Å². The molecule has 2 fully saturated rings. The molecule has 1 unspecified atom stereocenters. The number of hydrogen-bond donors (Lipinski definition) is 1. The first-order chi connectivity index (χ1) is 8.90. The molecule has 0 bridgehead atoms. The van der Waals surface area contributed by atoms with Crippen LogP contribution in [0.1, 0.15) is 46.5 Å². The molecule has 0 aromatic heterocycles. The molecule has 0 heterocycles. The molecule has 0 aromatic carbocycles. The van der Waals surface area contributed by atoms with E-state index in [1.165, 1.54) is 12.8 Å². The Morgan fingerprint density at radius 3 is 2.26 bits per heavy atom. The lowest BCUT2D eigenvalue weighted by Gasteiger charge is -2.30. The minimum absolute atomic E-state index is 0.0682. The van der Waals surface area contributed by atoms with Crippen molar-refractivity contribution in [3.8, 4) is 0 Å². The smallest absolute Gasteiger partial charge is 0.307 e. The summed E-state index contributed by atoms with van der Waals surface area (Å²) in [5, 5.41) is 9.29. The summed E-state index contributed by atoms with van der Waals surface area (Å²) in [6.45, 7) is 6.90. The maximum absolute atomic E-state index is 12.7. The normalized spacial score (nSPS) is 30.6. The Morgan fingerprint density at radius 2 is 1.79 bits per heavy atom. The number of carbonyl (C=O) groups is 2. The number of carbonyl (C=O) groups excluding carboxylic acids is 1. The molecule has 0 radical (unpaired) electrons. The van der Waals surface area contributed by atoms with Gasteiger partial charge >= 0.3 is 5.97 Å². The van der Waals surface area contributed by atoms with Crippen LogP contribution in [-0.4, -0.2) is 34.5 Å². The second-order valence-electron chi connectivity index (χ2n) is 6.66. The van der Waals surface area contributed by atoms with Gasteiger partial charge in [0.25, 0.3) is 0 Å². The van der Waals surface area contributed by atoms with Crippen LogP contribution < -0.4 is 0 Å². The zero-order valence-corrected chi connectivity index (χ0v) is 12.1. The van der Waals surface area contributed by atoms with Crippen molar-refractivity contribution in [2.24, 2.45) is 23.7 Å². The van der Waals surface area contributed by atoms with E-state index in [0.717, 1.165) is 13.0 Å². The highest BCUT2D eigenvalue weighted by atomic mass is 16.4. The van der Waals surface area contributed by atoms with Crippen LogP contribution in [0.4, 0.5) is 0 Å². The van der Waals surface area contributed by atoms with Crippen molar-refractivity contribution < 1.29 is 14.7 Å². The molecule has 2 saturated carbocycles. The maximum atomic E-state index is 12.7. The Kier molecular flexibility index (Phi) is 4.16. The summed E-state index contributed by atoms with van der Waals surface area (Å²) in [6.07, 6.45) is 3.78. The van der Waals surface area contributed by atoms with E-state index in [2.05, 4.69) is 0 Å². The summed E-state index contributed by atoms with van der Waals surface area (Å²) >= 11 is 0. The highest BCUT2D eigenvalue weighted by Crippen LogP contribution is 2.39. The van der Waals surface area contributed by atoms with Gasteiger partial charge < -0.3 is 10.0 Å². The van der Waals surface area contributed by atoms with Crippen LogP contribution in [0.3, 0.4) is 0 Å². The van der Waals surface area contributed by atoms with Crippen molar-refractivity contribution >= 4 is 11.9 Å². The van der Waals surface area contributed by atoms with E-state index >= 15 is 0 Å². The standard InChI is InChI=1S/C15H25NO3/c1-9(2)16(8-11-4-5-11)14(17)12-6-10(3)7-13(12)15(18)19/h9-13H,4-8H2,1-3H3,(H,18,19)/t10?,12-,13+/m0/s1. The quantitative estimate of drug-likeness (QED) is 0.832.